The van der Waals surface area contributed by atoms with Crippen LogP contribution in [0.15, 0.2) is 4.99 Å². The SMILES string of the molecule is CCC(=O)NCCCC[C@@H](N)C(=O)N1CCC[C@H]1C(=O)N[C@H](C=O)CCCN=C(N)N. The number of hydrogen-bond donors (Lipinski definition) is 5. The van der Waals surface area contributed by atoms with E-state index in [0.29, 0.717) is 70.9 Å². The summed E-state index contributed by atoms with van der Waals surface area (Å²) in [7, 11) is 0. The van der Waals surface area contributed by atoms with Crippen molar-refractivity contribution in [3.8, 4) is 0 Å². The first-order chi connectivity index (χ1) is 14.8. The molecular formula is C20H37N7O4. The Morgan fingerprint density at radius 1 is 1.19 bits per heavy atom. The molecule has 1 aliphatic rings. The van der Waals surface area contributed by atoms with Crippen LogP contribution in [-0.4, -0.2) is 72.6 Å². The minimum absolute atomic E-state index is 0.00355. The van der Waals surface area contributed by atoms with Crippen LogP contribution in [-0.2, 0) is 19.2 Å². The predicted molar refractivity (Wildman–Crippen MR) is 118 cm³/mol. The molecule has 0 aromatic heterocycles. The molecule has 0 aromatic rings. The van der Waals surface area contributed by atoms with Gasteiger partial charge in [-0.2, -0.15) is 0 Å². The third kappa shape index (κ3) is 9.77. The molecule has 1 heterocycles. The van der Waals surface area contributed by atoms with Gasteiger partial charge in [0.15, 0.2) is 5.96 Å². The summed E-state index contributed by atoms with van der Waals surface area (Å²) in [5.74, 6) is -0.630. The molecule has 11 heteroatoms. The summed E-state index contributed by atoms with van der Waals surface area (Å²) in [6, 6.07) is -1.98. The van der Waals surface area contributed by atoms with Crippen LogP contribution in [0, 0.1) is 0 Å². The average molecular weight is 440 g/mol. The molecule has 3 amide bonds. The van der Waals surface area contributed by atoms with Crippen molar-refractivity contribution >= 4 is 30.0 Å². The number of carbonyl (C=O) groups excluding carboxylic acids is 4. The van der Waals surface area contributed by atoms with Crippen LogP contribution in [0.5, 0.6) is 0 Å². The lowest BCUT2D eigenvalue weighted by Gasteiger charge is -2.27. The van der Waals surface area contributed by atoms with Crippen molar-refractivity contribution in [2.24, 2.45) is 22.2 Å². The van der Waals surface area contributed by atoms with Crippen molar-refractivity contribution in [3.63, 3.8) is 0 Å². The number of nitrogens with zero attached hydrogens (tertiary/aromatic N) is 2. The second-order valence-corrected chi connectivity index (χ2v) is 7.70. The van der Waals surface area contributed by atoms with E-state index < -0.39 is 18.1 Å². The molecule has 0 aromatic carbocycles. The number of carbonyl (C=O) groups is 4. The van der Waals surface area contributed by atoms with Gasteiger partial charge in [-0.15, -0.1) is 0 Å². The molecule has 11 nitrogen and oxygen atoms in total. The summed E-state index contributed by atoms with van der Waals surface area (Å²) in [4.78, 5) is 53.3. The molecule has 3 atom stereocenters. The highest BCUT2D eigenvalue weighted by atomic mass is 16.2. The molecule has 31 heavy (non-hydrogen) atoms. The predicted octanol–water partition coefficient (Wildman–Crippen LogP) is -1.26. The smallest absolute Gasteiger partial charge is 0.243 e. The maximum absolute atomic E-state index is 12.8. The quantitative estimate of drug-likeness (QED) is 0.0966. The van der Waals surface area contributed by atoms with E-state index in [1.807, 2.05) is 0 Å². The molecule has 1 rings (SSSR count). The summed E-state index contributed by atoms with van der Waals surface area (Å²) >= 11 is 0. The van der Waals surface area contributed by atoms with E-state index in [1.165, 1.54) is 4.90 Å². The van der Waals surface area contributed by atoms with E-state index in [4.69, 9.17) is 17.2 Å². The van der Waals surface area contributed by atoms with Crippen LogP contribution < -0.4 is 27.8 Å². The molecule has 0 bridgehead atoms. The Morgan fingerprint density at radius 3 is 2.58 bits per heavy atom. The van der Waals surface area contributed by atoms with Crippen LogP contribution in [0.1, 0.15) is 58.3 Å². The number of amides is 3. The Hall–Kier alpha value is -2.69. The number of aliphatic imine (C=N–C) groups is 1. The first-order valence-electron chi connectivity index (χ1n) is 10.9. The van der Waals surface area contributed by atoms with E-state index in [1.54, 1.807) is 6.92 Å². The van der Waals surface area contributed by atoms with E-state index in [-0.39, 0.29) is 23.7 Å². The van der Waals surface area contributed by atoms with Gasteiger partial charge in [-0.3, -0.25) is 19.4 Å². The van der Waals surface area contributed by atoms with Crippen LogP contribution in [0.4, 0.5) is 0 Å². The lowest BCUT2D eigenvalue weighted by molar-refractivity contribution is -0.140. The van der Waals surface area contributed by atoms with Crippen molar-refractivity contribution < 1.29 is 19.2 Å². The van der Waals surface area contributed by atoms with Crippen LogP contribution in [0.3, 0.4) is 0 Å². The second kappa shape index (κ2) is 14.3. The monoisotopic (exact) mass is 439 g/mol. The fourth-order valence-electron chi connectivity index (χ4n) is 3.45. The molecule has 1 saturated heterocycles. The summed E-state index contributed by atoms with van der Waals surface area (Å²) < 4.78 is 0. The standard InChI is InChI=1S/C20H37N7O4/c1-2-17(29)24-10-4-3-8-15(21)19(31)27-12-6-9-16(27)18(30)26-14(13-28)7-5-11-25-20(22)23/h13-16H,2-12,21H2,1H3,(H,24,29)(H,26,30)(H4,22,23,25)/t14-,15+,16-/m0/s1. The maximum atomic E-state index is 12.8. The molecule has 0 aliphatic carbocycles. The summed E-state index contributed by atoms with van der Waals surface area (Å²) in [6.45, 7) is 3.18. The number of rotatable bonds is 14. The maximum Gasteiger partial charge on any atom is 0.243 e. The molecule has 8 N–H and O–H groups in total. The number of guanidine groups is 1. The summed E-state index contributed by atoms with van der Waals surface area (Å²) in [5.41, 5.74) is 16.6. The first kappa shape index (κ1) is 26.3. The van der Waals surface area contributed by atoms with Gasteiger partial charge in [0.1, 0.15) is 12.3 Å². The van der Waals surface area contributed by atoms with Crippen molar-refractivity contribution in [2.75, 3.05) is 19.6 Å². The van der Waals surface area contributed by atoms with Gasteiger partial charge in [-0.25, -0.2) is 0 Å². The van der Waals surface area contributed by atoms with Crippen LogP contribution >= 0.6 is 0 Å². The number of nitrogens with one attached hydrogen (secondary N) is 2. The largest absolute Gasteiger partial charge is 0.370 e. The highest BCUT2D eigenvalue weighted by Crippen LogP contribution is 2.19. The molecule has 1 fully saturated rings. The minimum Gasteiger partial charge on any atom is -0.370 e. The molecule has 0 spiro atoms. The molecule has 1 aliphatic heterocycles. The van der Waals surface area contributed by atoms with Crippen molar-refractivity contribution in [1.82, 2.24) is 15.5 Å². The molecular weight excluding hydrogens is 402 g/mol. The lowest BCUT2D eigenvalue weighted by atomic mass is 10.1. The van der Waals surface area contributed by atoms with E-state index >= 15 is 0 Å². The van der Waals surface area contributed by atoms with Gasteiger partial charge >= 0.3 is 0 Å². The number of hydrogen-bond acceptors (Lipinski definition) is 6. The van der Waals surface area contributed by atoms with Gasteiger partial charge in [-0.05, 0) is 44.9 Å². The highest BCUT2D eigenvalue weighted by Gasteiger charge is 2.36. The normalized spacial score (nSPS) is 17.5. The summed E-state index contributed by atoms with van der Waals surface area (Å²) in [6.07, 6.45) is 5.22. The molecule has 0 saturated carbocycles. The van der Waals surface area contributed by atoms with Gasteiger partial charge < -0.3 is 37.5 Å². The molecule has 176 valence electrons. The van der Waals surface area contributed by atoms with Crippen LogP contribution in [0.2, 0.25) is 0 Å². The zero-order valence-electron chi connectivity index (χ0n) is 18.3. The average Bonchev–Trinajstić information content (AvgIpc) is 3.24. The Bertz CT molecular complexity index is 637. The highest BCUT2D eigenvalue weighted by molar-refractivity contribution is 5.91. The van der Waals surface area contributed by atoms with Gasteiger partial charge in [0, 0.05) is 26.1 Å². The van der Waals surface area contributed by atoms with Crippen LogP contribution in [0.25, 0.3) is 0 Å². The fraction of sp³-hybridized carbons (Fsp3) is 0.750. The van der Waals surface area contributed by atoms with Gasteiger partial charge in [0.2, 0.25) is 17.7 Å². The number of nitrogens with two attached hydrogens (primary N) is 3. The van der Waals surface area contributed by atoms with Crippen molar-refractivity contribution in [3.05, 3.63) is 0 Å². The third-order valence-corrected chi connectivity index (χ3v) is 5.20. The van der Waals surface area contributed by atoms with Gasteiger partial charge in [0.25, 0.3) is 0 Å². The fourth-order valence-corrected chi connectivity index (χ4v) is 3.45. The Labute approximate surface area is 183 Å². The Kier molecular flexibility index (Phi) is 12.2. The van der Waals surface area contributed by atoms with E-state index in [2.05, 4.69) is 15.6 Å². The minimum atomic E-state index is -0.697. The topological polar surface area (TPSA) is 186 Å². The van der Waals surface area contributed by atoms with Crippen molar-refractivity contribution in [2.45, 2.75) is 76.4 Å². The number of likely N-dealkylation sites (tertiary alicyclic amines) is 1. The van der Waals surface area contributed by atoms with E-state index in [9.17, 15) is 19.2 Å². The Morgan fingerprint density at radius 2 is 1.94 bits per heavy atom. The molecule has 0 radical (unpaired) electrons. The summed E-state index contributed by atoms with van der Waals surface area (Å²) in [5, 5.41) is 5.49. The lowest BCUT2D eigenvalue weighted by Crippen LogP contribution is -2.53. The number of aldehydes is 1. The third-order valence-electron chi connectivity index (χ3n) is 5.20. The van der Waals surface area contributed by atoms with E-state index in [0.717, 1.165) is 6.42 Å². The van der Waals surface area contributed by atoms with Crippen molar-refractivity contribution in [1.29, 1.82) is 0 Å². The Balaban J connectivity index is 2.47. The number of unbranched alkanes of at least 4 members (excludes halogenated alkanes) is 1. The first-order valence-corrected chi connectivity index (χ1v) is 10.9. The zero-order valence-corrected chi connectivity index (χ0v) is 18.3. The molecule has 0 unspecified atom stereocenters. The zero-order chi connectivity index (χ0) is 23.2. The second-order valence-electron chi connectivity index (χ2n) is 7.70. The van der Waals surface area contributed by atoms with Gasteiger partial charge in [-0.1, -0.05) is 6.92 Å². The van der Waals surface area contributed by atoms with Gasteiger partial charge in [0.05, 0.1) is 12.1 Å².